The summed E-state index contributed by atoms with van der Waals surface area (Å²) in [6, 6.07) is 4.88. The maximum atomic E-state index is 12.3. The summed E-state index contributed by atoms with van der Waals surface area (Å²) in [4.78, 5) is -0.0569. The second-order valence-electron chi connectivity index (χ2n) is 3.91. The van der Waals surface area contributed by atoms with Crippen molar-refractivity contribution in [2.75, 3.05) is 13.1 Å². The molecule has 0 aromatic heterocycles. The van der Waals surface area contributed by atoms with Gasteiger partial charge in [-0.1, -0.05) is 13.8 Å². The van der Waals surface area contributed by atoms with E-state index in [2.05, 4.69) is 0 Å². The smallest absolute Gasteiger partial charge is 0.207 e. The number of hydrogen-bond donors (Lipinski definition) is 0. The van der Waals surface area contributed by atoms with Gasteiger partial charge in [-0.15, -0.1) is 0 Å². The second-order valence-corrected chi connectivity index (χ2v) is 8.41. The summed E-state index contributed by atoms with van der Waals surface area (Å²) in [5.41, 5.74) is 0. The Labute approximate surface area is 118 Å². The molecule has 19 heavy (non-hydrogen) atoms. The van der Waals surface area contributed by atoms with Crippen LogP contribution in [-0.2, 0) is 19.1 Å². The Morgan fingerprint density at radius 1 is 1.00 bits per heavy atom. The van der Waals surface area contributed by atoms with Crippen molar-refractivity contribution in [1.29, 1.82) is 0 Å². The number of benzene rings is 1. The Hall–Kier alpha value is -0.630. The monoisotopic (exact) mass is 325 g/mol. The lowest BCUT2D eigenvalue weighted by Crippen LogP contribution is -2.31. The summed E-state index contributed by atoms with van der Waals surface area (Å²) >= 11 is 0. The van der Waals surface area contributed by atoms with Crippen LogP contribution >= 0.6 is 10.7 Å². The molecule has 0 aliphatic carbocycles. The predicted molar refractivity (Wildman–Crippen MR) is 74.2 cm³/mol. The fourth-order valence-corrected chi connectivity index (χ4v) is 3.93. The zero-order chi connectivity index (χ0) is 14.7. The van der Waals surface area contributed by atoms with Crippen molar-refractivity contribution < 1.29 is 16.8 Å². The van der Waals surface area contributed by atoms with Crippen LogP contribution in [-0.4, -0.2) is 34.2 Å². The first kappa shape index (κ1) is 16.4. The Morgan fingerprint density at radius 3 is 1.84 bits per heavy atom. The topological polar surface area (TPSA) is 71.5 Å². The van der Waals surface area contributed by atoms with Gasteiger partial charge in [0.05, 0.1) is 9.79 Å². The minimum Gasteiger partial charge on any atom is -0.207 e. The lowest BCUT2D eigenvalue weighted by atomic mass is 10.4. The minimum absolute atomic E-state index is 0.0619. The molecule has 0 unspecified atom stereocenters. The van der Waals surface area contributed by atoms with Gasteiger partial charge < -0.3 is 0 Å². The van der Waals surface area contributed by atoms with E-state index in [4.69, 9.17) is 10.7 Å². The van der Waals surface area contributed by atoms with Crippen molar-refractivity contribution in [2.24, 2.45) is 0 Å². The number of nitrogens with zero attached hydrogens (tertiary/aromatic N) is 1. The molecule has 0 aliphatic rings. The van der Waals surface area contributed by atoms with Gasteiger partial charge in [0.25, 0.3) is 9.05 Å². The predicted octanol–water partition coefficient (Wildman–Crippen LogP) is 2.03. The summed E-state index contributed by atoms with van der Waals surface area (Å²) in [6.45, 7) is 4.44. The van der Waals surface area contributed by atoms with Crippen molar-refractivity contribution in [3.8, 4) is 0 Å². The van der Waals surface area contributed by atoms with E-state index in [9.17, 15) is 16.8 Å². The maximum Gasteiger partial charge on any atom is 0.261 e. The molecule has 0 heterocycles. The molecule has 1 rings (SSSR count). The molecule has 1 aromatic rings. The highest BCUT2D eigenvalue weighted by atomic mass is 35.7. The number of hydrogen-bond acceptors (Lipinski definition) is 4. The van der Waals surface area contributed by atoms with Gasteiger partial charge in [0.1, 0.15) is 0 Å². The molecule has 5 nitrogen and oxygen atoms in total. The largest absolute Gasteiger partial charge is 0.261 e. The standard InChI is InChI=1S/C11H16ClNO4S2/c1-3-9-13(4-2)19(16,17)11-7-5-10(6-8-11)18(12,14)15/h5-8H,3-4,9H2,1-2H3. The maximum absolute atomic E-state index is 12.3. The number of rotatable bonds is 6. The highest BCUT2D eigenvalue weighted by Gasteiger charge is 2.22. The van der Waals surface area contributed by atoms with Crippen LogP contribution in [0.15, 0.2) is 34.1 Å². The van der Waals surface area contributed by atoms with E-state index >= 15 is 0 Å². The minimum atomic E-state index is -3.84. The summed E-state index contributed by atoms with van der Waals surface area (Å²) in [5, 5.41) is 0. The Bertz CT molecular complexity index is 623. The highest BCUT2D eigenvalue weighted by molar-refractivity contribution is 8.13. The molecular formula is C11H16ClNO4S2. The Morgan fingerprint density at radius 2 is 1.47 bits per heavy atom. The zero-order valence-corrected chi connectivity index (χ0v) is 13.1. The second kappa shape index (κ2) is 6.21. The molecule has 0 aliphatic heterocycles. The molecule has 0 amide bonds. The third-order valence-corrected chi connectivity index (χ3v) is 5.93. The van der Waals surface area contributed by atoms with Crippen molar-refractivity contribution in [1.82, 2.24) is 4.31 Å². The van der Waals surface area contributed by atoms with Gasteiger partial charge in [-0.3, -0.25) is 0 Å². The lowest BCUT2D eigenvalue weighted by molar-refractivity contribution is 0.427. The molecule has 0 bridgehead atoms. The van der Waals surface area contributed by atoms with Gasteiger partial charge in [-0.25, -0.2) is 16.8 Å². The Balaban J connectivity index is 3.16. The molecule has 0 atom stereocenters. The summed E-state index contributed by atoms with van der Waals surface area (Å²) in [5.74, 6) is 0. The summed E-state index contributed by atoms with van der Waals surface area (Å²) < 4.78 is 48.0. The first-order valence-electron chi connectivity index (χ1n) is 5.78. The molecule has 0 saturated carbocycles. The first-order valence-corrected chi connectivity index (χ1v) is 9.53. The van der Waals surface area contributed by atoms with Crippen LogP contribution in [0.25, 0.3) is 0 Å². The zero-order valence-electron chi connectivity index (χ0n) is 10.7. The van der Waals surface area contributed by atoms with Crippen LogP contribution in [0.4, 0.5) is 0 Å². The van der Waals surface area contributed by atoms with E-state index in [1.165, 1.54) is 28.6 Å². The SMILES string of the molecule is CCCN(CC)S(=O)(=O)c1ccc(S(=O)(=O)Cl)cc1. The molecule has 0 spiro atoms. The molecule has 0 fully saturated rings. The van der Waals surface area contributed by atoms with Gasteiger partial charge in [-0.05, 0) is 30.7 Å². The van der Waals surface area contributed by atoms with Crippen LogP contribution in [0.5, 0.6) is 0 Å². The van der Waals surface area contributed by atoms with Gasteiger partial charge in [0.15, 0.2) is 0 Å². The molecule has 108 valence electrons. The third-order valence-electron chi connectivity index (χ3n) is 2.57. The van der Waals surface area contributed by atoms with E-state index in [1.807, 2.05) is 6.92 Å². The number of halogens is 1. The number of sulfonamides is 1. The van der Waals surface area contributed by atoms with Gasteiger partial charge in [0.2, 0.25) is 10.0 Å². The first-order chi connectivity index (χ1) is 8.73. The Kier molecular flexibility index (Phi) is 5.37. The van der Waals surface area contributed by atoms with Crippen molar-refractivity contribution >= 4 is 29.8 Å². The molecule has 0 radical (unpaired) electrons. The average molecular weight is 326 g/mol. The highest BCUT2D eigenvalue weighted by Crippen LogP contribution is 2.20. The molecule has 0 N–H and O–H groups in total. The van der Waals surface area contributed by atoms with Gasteiger partial charge in [0, 0.05) is 23.8 Å². The normalized spacial score (nSPS) is 12.8. The van der Waals surface area contributed by atoms with E-state index in [0.717, 1.165) is 0 Å². The van der Waals surface area contributed by atoms with E-state index in [-0.39, 0.29) is 9.79 Å². The molecule has 0 saturated heterocycles. The summed E-state index contributed by atoms with van der Waals surface area (Å²) in [6.07, 6.45) is 0.710. The molecular weight excluding hydrogens is 310 g/mol. The third kappa shape index (κ3) is 3.92. The van der Waals surface area contributed by atoms with E-state index in [0.29, 0.717) is 19.5 Å². The molecule has 1 aromatic carbocycles. The van der Waals surface area contributed by atoms with Gasteiger partial charge in [-0.2, -0.15) is 4.31 Å². The average Bonchev–Trinajstić information content (AvgIpc) is 2.34. The van der Waals surface area contributed by atoms with Crippen LogP contribution in [0, 0.1) is 0 Å². The van der Waals surface area contributed by atoms with Crippen LogP contribution in [0.2, 0.25) is 0 Å². The molecule has 8 heteroatoms. The fourth-order valence-electron chi connectivity index (χ4n) is 1.62. The quantitative estimate of drug-likeness (QED) is 0.750. The fraction of sp³-hybridized carbons (Fsp3) is 0.455. The van der Waals surface area contributed by atoms with Crippen molar-refractivity contribution in [3.63, 3.8) is 0 Å². The summed E-state index contributed by atoms with van der Waals surface area (Å²) in [7, 11) is -2.24. The van der Waals surface area contributed by atoms with Crippen LogP contribution in [0.3, 0.4) is 0 Å². The van der Waals surface area contributed by atoms with E-state index < -0.39 is 19.1 Å². The van der Waals surface area contributed by atoms with Crippen LogP contribution < -0.4 is 0 Å². The van der Waals surface area contributed by atoms with E-state index in [1.54, 1.807) is 6.92 Å². The lowest BCUT2D eigenvalue weighted by Gasteiger charge is -2.19. The van der Waals surface area contributed by atoms with Crippen molar-refractivity contribution in [2.45, 2.75) is 30.1 Å². The van der Waals surface area contributed by atoms with Gasteiger partial charge >= 0.3 is 0 Å². The van der Waals surface area contributed by atoms with Crippen molar-refractivity contribution in [3.05, 3.63) is 24.3 Å². The van der Waals surface area contributed by atoms with Crippen LogP contribution in [0.1, 0.15) is 20.3 Å².